The van der Waals surface area contributed by atoms with Gasteiger partial charge in [-0.05, 0) is 0 Å². The fourth-order valence-corrected chi connectivity index (χ4v) is 0.650. The molecule has 0 radical (unpaired) electrons. The molecule has 0 bridgehead atoms. The van der Waals surface area contributed by atoms with E-state index >= 15 is 0 Å². The molecule has 0 spiro atoms. The number of nitrogens with two attached hydrogens (primary N) is 1. The molecule has 5 heteroatoms. The average Bonchev–Trinajstić information content (AvgIpc) is 2.15. The van der Waals surface area contributed by atoms with Crippen LogP contribution < -0.4 is 10.5 Å². The number of ether oxygens (including phenoxy) is 2. The molecule has 1 fully saturated rings. The predicted molar refractivity (Wildman–Crippen MR) is 41.7 cm³/mol. The predicted octanol–water partition coefficient (Wildman–Crippen LogP) is -0.164. The summed E-state index contributed by atoms with van der Waals surface area (Å²) in [5, 5.41) is 0. The van der Waals surface area contributed by atoms with Crippen LogP contribution in [0.1, 0.15) is 6.85 Å². The van der Waals surface area contributed by atoms with E-state index in [-0.39, 0.29) is 11.7 Å². The number of aromatic nitrogens is 2. The quantitative estimate of drug-likeness (QED) is 0.671. The summed E-state index contributed by atoms with van der Waals surface area (Å²) in [5.41, 5.74) is 5.34. The lowest BCUT2D eigenvalue weighted by molar-refractivity contribution is -0.0814. The van der Waals surface area contributed by atoms with Crippen LogP contribution in [0, 0.1) is 0 Å². The lowest BCUT2D eigenvalue weighted by atomic mass is 10.3. The molecule has 0 amide bonds. The first kappa shape index (κ1) is 3.57. The standard InChI is InChI=1S/C7H9N3O2/c8-6-1-9-2-7(10-6)12-5-3-11-4-5/h1-2,5H,3-4H2,(H2,8,10)/i3D2,4D2,5D. The Morgan fingerprint density at radius 1 is 1.75 bits per heavy atom. The molecule has 2 N–H and O–H groups in total. The van der Waals surface area contributed by atoms with Gasteiger partial charge in [0.2, 0.25) is 5.88 Å². The lowest BCUT2D eigenvalue weighted by Gasteiger charge is -2.25. The molecule has 12 heavy (non-hydrogen) atoms. The molecule has 1 aliphatic heterocycles. The maximum atomic E-state index is 7.67. The molecule has 64 valence electrons. The second kappa shape index (κ2) is 2.94. The molecule has 2 rings (SSSR count). The third-order valence-corrected chi connectivity index (χ3v) is 1.13. The second-order valence-electron chi connectivity index (χ2n) is 2.02. The van der Waals surface area contributed by atoms with Gasteiger partial charge in [0.15, 0.2) is 0 Å². The minimum atomic E-state index is -2.58. The van der Waals surface area contributed by atoms with Crippen molar-refractivity contribution in [2.24, 2.45) is 0 Å². The Hall–Kier alpha value is -1.36. The third-order valence-electron chi connectivity index (χ3n) is 1.13. The van der Waals surface area contributed by atoms with Gasteiger partial charge in [0.05, 0.1) is 32.4 Å². The first-order valence-electron chi connectivity index (χ1n) is 5.65. The first-order valence-corrected chi connectivity index (χ1v) is 3.15. The van der Waals surface area contributed by atoms with E-state index in [1.54, 1.807) is 0 Å². The fraction of sp³-hybridized carbons (Fsp3) is 0.429. The highest BCUT2D eigenvalue weighted by atomic mass is 16.6. The summed E-state index contributed by atoms with van der Waals surface area (Å²) >= 11 is 0. The molecule has 0 atom stereocenters. The Bertz CT molecular complexity index is 441. The van der Waals surface area contributed by atoms with Crippen LogP contribution in [-0.4, -0.2) is 29.2 Å². The van der Waals surface area contributed by atoms with Crippen LogP contribution >= 0.6 is 0 Å². The lowest BCUT2D eigenvalue weighted by Crippen LogP contribution is -2.38. The van der Waals surface area contributed by atoms with Crippen LogP contribution in [0.2, 0.25) is 0 Å². The molecule has 1 saturated heterocycles. The number of nitrogen functional groups attached to an aromatic ring is 1. The zero-order chi connectivity index (χ0) is 12.9. The number of anilines is 1. The van der Waals surface area contributed by atoms with Gasteiger partial charge >= 0.3 is 0 Å². The second-order valence-corrected chi connectivity index (χ2v) is 2.02. The van der Waals surface area contributed by atoms with E-state index in [4.69, 9.17) is 17.3 Å². The van der Waals surface area contributed by atoms with Gasteiger partial charge in [-0.1, -0.05) is 0 Å². The normalized spacial score (nSPS) is 34.2. The molecule has 5 nitrogen and oxygen atoms in total. The van der Waals surface area contributed by atoms with Crippen molar-refractivity contribution in [3.63, 3.8) is 0 Å². The smallest absolute Gasteiger partial charge is 0.234 e. The molecule has 1 aromatic rings. The molecular formula is C7H9N3O2. The molecule has 0 unspecified atom stereocenters. The van der Waals surface area contributed by atoms with E-state index in [2.05, 4.69) is 14.7 Å². The van der Waals surface area contributed by atoms with Crippen molar-refractivity contribution in [3.05, 3.63) is 12.4 Å². The number of hydrogen-bond acceptors (Lipinski definition) is 5. The molecular weight excluding hydrogens is 158 g/mol. The van der Waals surface area contributed by atoms with Gasteiger partial charge < -0.3 is 15.2 Å². The van der Waals surface area contributed by atoms with Crippen molar-refractivity contribution in [3.8, 4) is 5.88 Å². The first-order chi connectivity index (χ1) is 7.68. The van der Waals surface area contributed by atoms with E-state index in [9.17, 15) is 0 Å². The number of rotatable bonds is 2. The van der Waals surface area contributed by atoms with E-state index in [0.29, 0.717) is 0 Å². The van der Waals surface area contributed by atoms with E-state index in [1.807, 2.05) is 0 Å². The van der Waals surface area contributed by atoms with Gasteiger partial charge in [0.1, 0.15) is 11.9 Å². The van der Waals surface area contributed by atoms with Crippen LogP contribution in [0.5, 0.6) is 5.88 Å². The highest BCUT2D eigenvalue weighted by Gasteiger charge is 2.20. The van der Waals surface area contributed by atoms with Crippen LogP contribution in [0.3, 0.4) is 0 Å². The molecule has 0 aliphatic carbocycles. The number of nitrogens with zero attached hydrogens (tertiary/aromatic N) is 2. The Balaban J connectivity index is 2.28. The maximum absolute atomic E-state index is 7.67. The zero-order valence-electron chi connectivity index (χ0n) is 10.9. The Morgan fingerprint density at radius 2 is 2.58 bits per heavy atom. The third kappa shape index (κ3) is 1.45. The van der Waals surface area contributed by atoms with Crippen molar-refractivity contribution >= 4 is 5.82 Å². The molecule has 0 aromatic carbocycles. The summed E-state index contributed by atoms with van der Waals surface area (Å²) < 4.78 is 46.0. The largest absolute Gasteiger partial charge is 0.468 e. The van der Waals surface area contributed by atoms with Crippen molar-refractivity contribution in [2.75, 3.05) is 18.9 Å². The minimum Gasteiger partial charge on any atom is -0.468 e. The maximum Gasteiger partial charge on any atom is 0.234 e. The SMILES string of the molecule is [2H]C1([2H])OC([2H])([2H])C1([2H])Oc1cncc(N)n1. The zero-order valence-corrected chi connectivity index (χ0v) is 5.94. The van der Waals surface area contributed by atoms with Gasteiger partial charge in [-0.15, -0.1) is 0 Å². The van der Waals surface area contributed by atoms with Crippen molar-refractivity contribution in [2.45, 2.75) is 6.08 Å². The highest BCUT2D eigenvalue weighted by Crippen LogP contribution is 2.12. The average molecular weight is 172 g/mol. The van der Waals surface area contributed by atoms with Gasteiger partial charge in [0, 0.05) is 0 Å². The van der Waals surface area contributed by atoms with Crippen LogP contribution in [0.15, 0.2) is 12.4 Å². The summed E-state index contributed by atoms with van der Waals surface area (Å²) in [5.74, 6) is -0.219. The highest BCUT2D eigenvalue weighted by molar-refractivity contribution is 5.26. The molecule has 1 aromatic heterocycles. The van der Waals surface area contributed by atoms with E-state index < -0.39 is 19.2 Å². The summed E-state index contributed by atoms with van der Waals surface area (Å²) in [6, 6.07) is 0. The Morgan fingerprint density at radius 3 is 3.25 bits per heavy atom. The Labute approximate surface area is 76.6 Å². The van der Waals surface area contributed by atoms with Crippen LogP contribution in [-0.2, 0) is 4.74 Å². The van der Waals surface area contributed by atoms with Gasteiger partial charge in [-0.25, -0.2) is 0 Å². The van der Waals surface area contributed by atoms with E-state index in [1.165, 1.54) is 6.20 Å². The topological polar surface area (TPSA) is 70.3 Å². The van der Waals surface area contributed by atoms with Gasteiger partial charge in [-0.3, -0.25) is 4.98 Å². The summed E-state index contributed by atoms with van der Waals surface area (Å²) in [7, 11) is 0. The van der Waals surface area contributed by atoms with Crippen LogP contribution in [0.25, 0.3) is 0 Å². The molecule has 2 heterocycles. The summed E-state index contributed by atoms with van der Waals surface area (Å²) in [6.45, 7) is -5.16. The van der Waals surface area contributed by atoms with Crippen molar-refractivity contribution in [1.29, 1.82) is 0 Å². The summed E-state index contributed by atoms with van der Waals surface area (Å²) in [4.78, 5) is 7.30. The summed E-state index contributed by atoms with van der Waals surface area (Å²) in [6.07, 6.45) is -0.205. The monoisotopic (exact) mass is 172 g/mol. The molecule has 1 aliphatic rings. The number of hydrogen-bond donors (Lipinski definition) is 1. The van der Waals surface area contributed by atoms with Crippen molar-refractivity contribution < 1.29 is 16.3 Å². The van der Waals surface area contributed by atoms with E-state index in [0.717, 1.165) is 6.20 Å². The van der Waals surface area contributed by atoms with Crippen molar-refractivity contribution in [1.82, 2.24) is 9.97 Å². The minimum absolute atomic E-state index is 0.0208. The molecule has 0 saturated carbocycles. The van der Waals surface area contributed by atoms with Gasteiger partial charge in [0.25, 0.3) is 0 Å². The van der Waals surface area contributed by atoms with Gasteiger partial charge in [-0.2, -0.15) is 4.98 Å². The fourth-order valence-electron chi connectivity index (χ4n) is 0.650. The van der Waals surface area contributed by atoms with Crippen LogP contribution in [0.4, 0.5) is 5.82 Å². The Kier molecular flexibility index (Phi) is 0.875.